The summed E-state index contributed by atoms with van der Waals surface area (Å²) in [5.41, 5.74) is 10.6. The molecular formula is C43H26O3. The van der Waals surface area contributed by atoms with Gasteiger partial charge >= 0.3 is 5.63 Å². The molecule has 3 nitrogen and oxygen atoms in total. The molecule has 46 heavy (non-hydrogen) atoms. The number of benzene rings is 7. The van der Waals surface area contributed by atoms with Gasteiger partial charge in [0.05, 0.1) is 5.39 Å². The number of hydrogen-bond acceptors (Lipinski definition) is 3. The molecule has 0 saturated heterocycles. The predicted octanol–water partition coefficient (Wildman–Crippen LogP) is 11.5. The van der Waals surface area contributed by atoms with Gasteiger partial charge in [-0.1, -0.05) is 103 Å². The van der Waals surface area contributed by atoms with Gasteiger partial charge in [0.2, 0.25) is 0 Å². The van der Waals surface area contributed by atoms with Crippen LogP contribution in [0.5, 0.6) is 0 Å². The zero-order chi connectivity index (χ0) is 30.6. The summed E-state index contributed by atoms with van der Waals surface area (Å²) in [4.78, 5) is 13.3. The van der Waals surface area contributed by atoms with Gasteiger partial charge in [-0.15, -0.1) is 0 Å². The van der Waals surface area contributed by atoms with Gasteiger partial charge in [-0.2, -0.15) is 0 Å². The van der Waals surface area contributed by atoms with Crippen LogP contribution in [0.15, 0.2) is 171 Å². The average Bonchev–Trinajstić information content (AvgIpc) is 3.51. The van der Waals surface area contributed by atoms with Gasteiger partial charge in [-0.25, -0.2) is 4.79 Å². The van der Waals surface area contributed by atoms with Crippen molar-refractivity contribution in [3.05, 3.63) is 168 Å². The van der Waals surface area contributed by atoms with E-state index in [2.05, 4.69) is 97.1 Å². The minimum absolute atomic E-state index is 0.346. The normalized spacial score (nSPS) is 11.6. The summed E-state index contributed by atoms with van der Waals surface area (Å²) in [5.74, 6) is 0. The van der Waals surface area contributed by atoms with Gasteiger partial charge < -0.3 is 8.83 Å². The first-order valence-corrected chi connectivity index (χ1v) is 15.4. The predicted molar refractivity (Wildman–Crippen MR) is 189 cm³/mol. The average molecular weight is 591 g/mol. The first kappa shape index (κ1) is 26.2. The van der Waals surface area contributed by atoms with Crippen LogP contribution in [0.2, 0.25) is 0 Å². The second kappa shape index (κ2) is 10.5. The molecule has 0 bridgehead atoms. The molecule has 0 spiro atoms. The van der Waals surface area contributed by atoms with E-state index < -0.39 is 0 Å². The fraction of sp³-hybridized carbons (Fsp3) is 0. The van der Waals surface area contributed by atoms with Crippen molar-refractivity contribution in [3.63, 3.8) is 0 Å². The summed E-state index contributed by atoms with van der Waals surface area (Å²) in [7, 11) is 0. The molecule has 9 rings (SSSR count). The number of rotatable bonds is 4. The van der Waals surface area contributed by atoms with Crippen LogP contribution in [0.25, 0.3) is 88.2 Å². The third kappa shape index (κ3) is 4.33. The number of para-hydroxylation sites is 1. The third-order valence-electron chi connectivity index (χ3n) is 8.91. The van der Waals surface area contributed by atoms with Crippen molar-refractivity contribution in [2.75, 3.05) is 0 Å². The Balaban J connectivity index is 1.22. The summed E-state index contributed by atoms with van der Waals surface area (Å²) < 4.78 is 12.1. The highest BCUT2D eigenvalue weighted by atomic mass is 16.4. The van der Waals surface area contributed by atoms with Crippen LogP contribution in [0.4, 0.5) is 0 Å². The van der Waals surface area contributed by atoms with E-state index in [9.17, 15) is 4.79 Å². The van der Waals surface area contributed by atoms with E-state index in [0.29, 0.717) is 11.0 Å². The largest absolute Gasteiger partial charge is 0.456 e. The van der Waals surface area contributed by atoms with E-state index in [1.165, 1.54) is 0 Å². The molecule has 7 aromatic carbocycles. The molecule has 0 N–H and O–H groups in total. The Hall–Kier alpha value is -6.19. The number of furan rings is 1. The fourth-order valence-electron chi connectivity index (χ4n) is 6.68. The van der Waals surface area contributed by atoms with Crippen molar-refractivity contribution in [2.45, 2.75) is 0 Å². The third-order valence-corrected chi connectivity index (χ3v) is 8.91. The maximum atomic E-state index is 13.3. The molecule has 0 fully saturated rings. The lowest BCUT2D eigenvalue weighted by Gasteiger charge is -2.12. The molecule has 0 atom stereocenters. The van der Waals surface area contributed by atoms with Crippen LogP contribution in [0.3, 0.4) is 0 Å². The standard InChI is InChI=1S/C43H26O3/c44-43-36-21-19-30(34-15-9-17-40-42(34)37-14-7-8-16-39(37)45-40)25-38(36)35-20-18-29(26-41(35)46-43)33-23-31(27-10-3-1-4-11-27)22-32(24-33)28-12-5-2-6-13-28/h1-26H. The monoisotopic (exact) mass is 590 g/mol. The van der Waals surface area contributed by atoms with E-state index in [1.54, 1.807) is 0 Å². The Labute approximate surface area is 264 Å². The van der Waals surface area contributed by atoms with Crippen LogP contribution in [-0.2, 0) is 0 Å². The highest BCUT2D eigenvalue weighted by Gasteiger charge is 2.15. The summed E-state index contributed by atoms with van der Waals surface area (Å²) in [6.45, 7) is 0. The van der Waals surface area contributed by atoms with Crippen molar-refractivity contribution in [2.24, 2.45) is 0 Å². The maximum absolute atomic E-state index is 13.3. The van der Waals surface area contributed by atoms with E-state index in [0.717, 1.165) is 77.2 Å². The Bertz CT molecular complexity index is 2590. The molecule has 0 aliphatic heterocycles. The number of fused-ring (bicyclic) bond motifs is 6. The zero-order valence-electron chi connectivity index (χ0n) is 24.7. The van der Waals surface area contributed by atoms with Crippen LogP contribution in [0, 0.1) is 0 Å². The Kier molecular flexibility index (Phi) is 5.97. The fourth-order valence-corrected chi connectivity index (χ4v) is 6.68. The molecule has 2 aromatic heterocycles. The molecule has 2 heterocycles. The molecular weight excluding hydrogens is 564 g/mol. The van der Waals surface area contributed by atoms with Crippen LogP contribution >= 0.6 is 0 Å². The second-order valence-corrected chi connectivity index (χ2v) is 11.7. The molecule has 0 saturated carbocycles. The van der Waals surface area contributed by atoms with Crippen molar-refractivity contribution < 1.29 is 8.83 Å². The SMILES string of the molecule is O=c1oc2cc(-c3cc(-c4ccccc4)cc(-c4ccccc4)c3)ccc2c2cc(-c3cccc4oc5ccccc5c34)ccc12. The van der Waals surface area contributed by atoms with Crippen LogP contribution < -0.4 is 5.63 Å². The molecule has 0 aliphatic rings. The van der Waals surface area contributed by atoms with E-state index in [1.807, 2.05) is 60.7 Å². The van der Waals surface area contributed by atoms with Gasteiger partial charge in [0.25, 0.3) is 0 Å². The number of hydrogen-bond donors (Lipinski definition) is 0. The van der Waals surface area contributed by atoms with Crippen molar-refractivity contribution in [1.29, 1.82) is 0 Å². The first-order valence-electron chi connectivity index (χ1n) is 15.4. The van der Waals surface area contributed by atoms with E-state index in [-0.39, 0.29) is 5.63 Å². The minimum Gasteiger partial charge on any atom is -0.456 e. The van der Waals surface area contributed by atoms with Gasteiger partial charge in [0, 0.05) is 21.5 Å². The summed E-state index contributed by atoms with van der Waals surface area (Å²) >= 11 is 0. The van der Waals surface area contributed by atoms with Crippen LogP contribution in [-0.4, -0.2) is 0 Å². The Morgan fingerprint density at radius 3 is 1.67 bits per heavy atom. The molecule has 0 amide bonds. The smallest absolute Gasteiger partial charge is 0.344 e. The Morgan fingerprint density at radius 1 is 0.326 bits per heavy atom. The lowest BCUT2D eigenvalue weighted by Crippen LogP contribution is -2.00. The lowest BCUT2D eigenvalue weighted by molar-refractivity contribution is 0.570. The van der Waals surface area contributed by atoms with E-state index in [4.69, 9.17) is 8.83 Å². The highest BCUT2D eigenvalue weighted by molar-refractivity contribution is 6.14. The van der Waals surface area contributed by atoms with Crippen molar-refractivity contribution >= 4 is 43.7 Å². The minimum atomic E-state index is -0.346. The van der Waals surface area contributed by atoms with Gasteiger partial charge in [-0.05, 0) is 99.1 Å². The quantitative estimate of drug-likeness (QED) is 0.151. The van der Waals surface area contributed by atoms with Crippen molar-refractivity contribution in [1.82, 2.24) is 0 Å². The lowest BCUT2D eigenvalue weighted by atomic mass is 9.92. The van der Waals surface area contributed by atoms with Gasteiger partial charge in [0.15, 0.2) is 0 Å². The molecule has 0 unspecified atom stereocenters. The van der Waals surface area contributed by atoms with Gasteiger partial charge in [0.1, 0.15) is 16.7 Å². The highest BCUT2D eigenvalue weighted by Crippen LogP contribution is 2.39. The van der Waals surface area contributed by atoms with Crippen molar-refractivity contribution in [3.8, 4) is 44.5 Å². The molecule has 3 heteroatoms. The molecule has 0 radical (unpaired) electrons. The summed E-state index contributed by atoms with van der Waals surface area (Å²) in [5, 5.41) is 4.46. The second-order valence-electron chi connectivity index (χ2n) is 11.7. The first-order chi connectivity index (χ1) is 22.7. The molecule has 9 aromatic rings. The zero-order valence-corrected chi connectivity index (χ0v) is 24.7. The summed E-state index contributed by atoms with van der Waals surface area (Å²) in [6, 6.07) is 53.9. The van der Waals surface area contributed by atoms with Gasteiger partial charge in [-0.3, -0.25) is 0 Å². The molecule has 216 valence electrons. The Morgan fingerprint density at radius 2 is 0.935 bits per heavy atom. The summed E-state index contributed by atoms with van der Waals surface area (Å²) in [6.07, 6.45) is 0. The topological polar surface area (TPSA) is 43.4 Å². The van der Waals surface area contributed by atoms with E-state index >= 15 is 0 Å². The maximum Gasteiger partial charge on any atom is 0.344 e. The van der Waals surface area contributed by atoms with Crippen LogP contribution in [0.1, 0.15) is 0 Å². The molecule has 0 aliphatic carbocycles.